The minimum atomic E-state index is -4.75. The molecule has 0 aliphatic carbocycles. The number of rotatable bonds is 3. The Morgan fingerprint density at radius 2 is 1.82 bits per heavy atom. The summed E-state index contributed by atoms with van der Waals surface area (Å²) < 4.78 is 40.1. The van der Waals surface area contributed by atoms with Crippen molar-refractivity contribution in [3.8, 4) is 5.75 Å². The van der Waals surface area contributed by atoms with Gasteiger partial charge in [-0.3, -0.25) is 0 Å². The highest BCUT2D eigenvalue weighted by Gasteiger charge is 2.31. The Morgan fingerprint density at radius 3 is 2.24 bits per heavy atom. The summed E-state index contributed by atoms with van der Waals surface area (Å²) in [5, 5.41) is 9.76. The van der Waals surface area contributed by atoms with Crippen LogP contribution in [0, 0.1) is 0 Å². The first-order valence-electron chi connectivity index (χ1n) is 4.88. The molecule has 1 aromatic carbocycles. The predicted octanol–water partition coefficient (Wildman–Crippen LogP) is 3.46. The monoisotopic (exact) mass is 246 g/mol. The molecule has 0 unspecified atom stereocenters. The van der Waals surface area contributed by atoms with Crippen molar-refractivity contribution in [2.75, 3.05) is 0 Å². The smallest absolute Gasteiger partial charge is 0.406 e. The van der Waals surface area contributed by atoms with Crippen LogP contribution in [0.1, 0.15) is 25.0 Å². The molecule has 0 spiro atoms. The Morgan fingerprint density at radius 1 is 1.24 bits per heavy atom. The number of alkyl halides is 3. The van der Waals surface area contributed by atoms with Crippen molar-refractivity contribution in [2.45, 2.75) is 25.8 Å². The molecule has 0 saturated carbocycles. The van der Waals surface area contributed by atoms with E-state index in [9.17, 15) is 18.3 Å². The quantitative estimate of drug-likeness (QED) is 0.885. The van der Waals surface area contributed by atoms with Gasteiger partial charge in [0.15, 0.2) is 0 Å². The highest BCUT2D eigenvalue weighted by Crippen LogP contribution is 2.29. The molecule has 0 aromatic heterocycles. The largest absolute Gasteiger partial charge is 0.573 e. The molecule has 94 valence electrons. The lowest BCUT2D eigenvalue weighted by Gasteiger charge is -2.20. The summed E-state index contributed by atoms with van der Waals surface area (Å²) in [6, 6.07) is 3.91. The predicted molar refractivity (Wildman–Crippen MR) is 58.5 cm³/mol. The van der Waals surface area contributed by atoms with E-state index in [0.29, 0.717) is 11.1 Å². The SMILES string of the molecule is C=Cc1cc(OC(F)(F)F)cc(C(C)(C)O)c1. The van der Waals surface area contributed by atoms with Gasteiger partial charge in [-0.1, -0.05) is 12.7 Å². The van der Waals surface area contributed by atoms with Crippen LogP contribution in [0.3, 0.4) is 0 Å². The van der Waals surface area contributed by atoms with E-state index in [4.69, 9.17) is 0 Å². The molecular formula is C12H13F3O2. The van der Waals surface area contributed by atoms with Crippen LogP contribution in [0.4, 0.5) is 13.2 Å². The number of aliphatic hydroxyl groups is 1. The van der Waals surface area contributed by atoms with Crippen molar-refractivity contribution in [3.05, 3.63) is 35.9 Å². The Balaban J connectivity index is 3.19. The fraction of sp³-hybridized carbons (Fsp3) is 0.333. The van der Waals surface area contributed by atoms with Gasteiger partial charge < -0.3 is 9.84 Å². The van der Waals surface area contributed by atoms with Crippen LogP contribution in [0.15, 0.2) is 24.8 Å². The van der Waals surface area contributed by atoms with Gasteiger partial charge in [-0.25, -0.2) is 0 Å². The van der Waals surface area contributed by atoms with Crippen molar-refractivity contribution < 1.29 is 23.0 Å². The summed E-state index contributed by atoms with van der Waals surface area (Å²) in [6.07, 6.45) is -3.37. The van der Waals surface area contributed by atoms with Crippen molar-refractivity contribution in [3.63, 3.8) is 0 Å². The third kappa shape index (κ3) is 4.11. The van der Waals surface area contributed by atoms with E-state index < -0.39 is 12.0 Å². The molecule has 0 radical (unpaired) electrons. The third-order valence-corrected chi connectivity index (χ3v) is 2.10. The van der Waals surface area contributed by atoms with E-state index in [0.717, 1.165) is 6.07 Å². The van der Waals surface area contributed by atoms with Gasteiger partial charge in [-0.2, -0.15) is 0 Å². The summed E-state index contributed by atoms with van der Waals surface area (Å²) in [4.78, 5) is 0. The second-order valence-electron chi connectivity index (χ2n) is 4.10. The average molecular weight is 246 g/mol. The first kappa shape index (κ1) is 13.6. The van der Waals surface area contributed by atoms with Crippen LogP contribution in [0.2, 0.25) is 0 Å². The summed E-state index contributed by atoms with van der Waals surface area (Å²) in [5.74, 6) is -0.368. The molecule has 0 bridgehead atoms. The van der Waals surface area contributed by atoms with E-state index in [1.54, 1.807) is 6.07 Å². The maximum atomic E-state index is 12.1. The summed E-state index contributed by atoms with van der Waals surface area (Å²) in [7, 11) is 0. The Hall–Kier alpha value is -1.49. The Kier molecular flexibility index (Phi) is 3.52. The van der Waals surface area contributed by atoms with E-state index in [2.05, 4.69) is 11.3 Å². The Bertz CT molecular complexity index is 417. The molecule has 0 amide bonds. The van der Waals surface area contributed by atoms with Crippen LogP contribution in [0.25, 0.3) is 6.08 Å². The maximum Gasteiger partial charge on any atom is 0.573 e. The van der Waals surface area contributed by atoms with Crippen molar-refractivity contribution in [1.82, 2.24) is 0 Å². The lowest BCUT2D eigenvalue weighted by atomic mass is 9.96. The zero-order valence-electron chi connectivity index (χ0n) is 9.51. The minimum Gasteiger partial charge on any atom is -0.406 e. The first-order chi connectivity index (χ1) is 7.62. The number of benzene rings is 1. The molecule has 17 heavy (non-hydrogen) atoms. The molecule has 0 heterocycles. The average Bonchev–Trinajstić information content (AvgIpc) is 2.13. The molecule has 5 heteroatoms. The molecule has 0 aliphatic heterocycles. The van der Waals surface area contributed by atoms with Gasteiger partial charge in [-0.15, -0.1) is 13.2 Å². The Labute approximate surface area is 97.3 Å². The molecule has 0 aliphatic rings. The van der Waals surface area contributed by atoms with Crippen LogP contribution in [0.5, 0.6) is 5.75 Å². The number of ether oxygens (including phenoxy) is 1. The normalized spacial score (nSPS) is 12.4. The summed E-state index contributed by atoms with van der Waals surface area (Å²) in [6.45, 7) is 6.43. The first-order valence-corrected chi connectivity index (χ1v) is 4.88. The topological polar surface area (TPSA) is 29.5 Å². The van der Waals surface area contributed by atoms with E-state index in [1.807, 2.05) is 0 Å². The number of hydrogen-bond acceptors (Lipinski definition) is 2. The third-order valence-electron chi connectivity index (χ3n) is 2.10. The van der Waals surface area contributed by atoms with Gasteiger partial charge in [-0.05, 0) is 43.2 Å². The lowest BCUT2D eigenvalue weighted by Crippen LogP contribution is -2.19. The molecule has 1 aromatic rings. The molecule has 2 nitrogen and oxygen atoms in total. The molecule has 0 saturated heterocycles. The van der Waals surface area contributed by atoms with Gasteiger partial charge >= 0.3 is 6.36 Å². The zero-order chi connectivity index (χ0) is 13.3. The highest BCUT2D eigenvalue weighted by molar-refractivity contribution is 5.52. The zero-order valence-corrected chi connectivity index (χ0v) is 9.51. The second-order valence-corrected chi connectivity index (χ2v) is 4.10. The van der Waals surface area contributed by atoms with Crippen LogP contribution < -0.4 is 4.74 Å². The minimum absolute atomic E-state index is 0.328. The second kappa shape index (κ2) is 4.41. The van der Waals surface area contributed by atoms with Crippen LogP contribution >= 0.6 is 0 Å². The highest BCUT2D eigenvalue weighted by atomic mass is 19.4. The molecule has 0 atom stereocenters. The van der Waals surface area contributed by atoms with Crippen molar-refractivity contribution in [1.29, 1.82) is 0 Å². The van der Waals surface area contributed by atoms with Crippen molar-refractivity contribution >= 4 is 6.08 Å². The fourth-order valence-corrected chi connectivity index (χ4v) is 1.29. The van der Waals surface area contributed by atoms with E-state index >= 15 is 0 Å². The van der Waals surface area contributed by atoms with Crippen LogP contribution in [-0.2, 0) is 5.60 Å². The van der Waals surface area contributed by atoms with Gasteiger partial charge in [0.2, 0.25) is 0 Å². The summed E-state index contributed by atoms with van der Waals surface area (Å²) in [5.41, 5.74) is -0.471. The molecule has 1 rings (SSSR count). The van der Waals surface area contributed by atoms with Gasteiger partial charge in [0.05, 0.1) is 5.60 Å². The fourth-order valence-electron chi connectivity index (χ4n) is 1.29. The van der Waals surface area contributed by atoms with Gasteiger partial charge in [0.25, 0.3) is 0 Å². The lowest BCUT2D eigenvalue weighted by molar-refractivity contribution is -0.274. The summed E-state index contributed by atoms with van der Waals surface area (Å²) >= 11 is 0. The molecule has 0 fully saturated rings. The number of hydrogen-bond donors (Lipinski definition) is 1. The number of halogens is 3. The van der Waals surface area contributed by atoms with Crippen molar-refractivity contribution in [2.24, 2.45) is 0 Å². The van der Waals surface area contributed by atoms with Gasteiger partial charge in [0.1, 0.15) is 5.75 Å². The standard InChI is InChI=1S/C12H13F3O2/c1-4-8-5-9(11(2,3)16)7-10(6-8)17-12(13,14)15/h4-7,16H,1H2,2-3H3. The molecule has 1 N–H and O–H groups in total. The van der Waals surface area contributed by atoms with E-state index in [1.165, 1.54) is 26.0 Å². The maximum absolute atomic E-state index is 12.1. The molecular weight excluding hydrogens is 233 g/mol. The van der Waals surface area contributed by atoms with Crippen LogP contribution in [-0.4, -0.2) is 11.5 Å². The van der Waals surface area contributed by atoms with Gasteiger partial charge in [0, 0.05) is 0 Å². The van der Waals surface area contributed by atoms with E-state index in [-0.39, 0.29) is 5.75 Å².